The predicted molar refractivity (Wildman–Crippen MR) is 91.6 cm³/mol. The van der Waals surface area contributed by atoms with Gasteiger partial charge < -0.3 is 9.47 Å². The third-order valence-corrected chi connectivity index (χ3v) is 3.77. The summed E-state index contributed by atoms with van der Waals surface area (Å²) in [6.45, 7) is 4.52. The van der Waals surface area contributed by atoms with Crippen LogP contribution in [0.4, 0.5) is 5.69 Å². The van der Waals surface area contributed by atoms with Gasteiger partial charge in [-0.1, -0.05) is 6.92 Å². The van der Waals surface area contributed by atoms with E-state index in [-0.39, 0.29) is 24.5 Å². The number of aromatic nitrogens is 1. The van der Waals surface area contributed by atoms with Gasteiger partial charge in [0.1, 0.15) is 12.6 Å². The molecule has 0 aliphatic heterocycles. The molecule has 0 N–H and O–H groups in total. The van der Waals surface area contributed by atoms with Gasteiger partial charge in [0.15, 0.2) is 0 Å². The van der Waals surface area contributed by atoms with Crippen LogP contribution >= 0.6 is 0 Å². The summed E-state index contributed by atoms with van der Waals surface area (Å²) >= 11 is 0. The van der Waals surface area contributed by atoms with Crippen molar-refractivity contribution in [3.63, 3.8) is 0 Å². The highest BCUT2D eigenvalue weighted by Gasteiger charge is 2.23. The van der Waals surface area contributed by atoms with Crippen molar-refractivity contribution >= 4 is 22.6 Å². The number of non-ortho nitro benzene ring substituents is 1. The smallest absolute Gasteiger partial charge is 0.329 e. The Morgan fingerprint density at radius 2 is 2.00 bits per heavy atom. The molecule has 0 radical (unpaired) electrons. The minimum Gasteiger partial charge on any atom is -0.462 e. The summed E-state index contributed by atoms with van der Waals surface area (Å²) in [5.41, 5.74) is 0.00621. The number of ether oxygens (including phenoxy) is 2. The number of nitro groups is 1. The lowest BCUT2D eigenvalue weighted by Gasteiger charge is -2.19. The number of nitrogens with zero attached hydrogens (tertiary/aromatic N) is 2. The van der Waals surface area contributed by atoms with Gasteiger partial charge in [-0.25, -0.2) is 4.79 Å². The SMILES string of the molecule is CCOCCOC(=O)C(CC)n1c(=O)ccc2cc([N+](=O)[O-])ccc21. The molecule has 0 amide bonds. The number of esters is 1. The number of fused-ring (bicyclic) bond motifs is 1. The summed E-state index contributed by atoms with van der Waals surface area (Å²) < 4.78 is 11.6. The van der Waals surface area contributed by atoms with Crippen LogP contribution in [-0.4, -0.2) is 35.3 Å². The standard InChI is InChI=1S/C17H20N2O6/c1-3-14(17(21)25-10-9-24-4-2)18-15-7-6-13(19(22)23)11-12(15)5-8-16(18)20/h5-8,11,14H,3-4,9-10H2,1-2H3. The maximum absolute atomic E-state index is 12.4. The first-order chi connectivity index (χ1) is 12.0. The van der Waals surface area contributed by atoms with E-state index in [2.05, 4.69) is 0 Å². The predicted octanol–water partition coefficient (Wildman–Crippen LogP) is 2.44. The first-order valence-electron chi connectivity index (χ1n) is 8.03. The van der Waals surface area contributed by atoms with E-state index in [4.69, 9.17) is 9.47 Å². The van der Waals surface area contributed by atoms with Crippen LogP contribution < -0.4 is 5.56 Å². The first kappa shape index (κ1) is 18.6. The van der Waals surface area contributed by atoms with E-state index in [1.54, 1.807) is 6.92 Å². The van der Waals surface area contributed by atoms with Crippen molar-refractivity contribution in [2.24, 2.45) is 0 Å². The Kier molecular flexibility index (Phi) is 6.24. The van der Waals surface area contributed by atoms with E-state index >= 15 is 0 Å². The number of pyridine rings is 1. The fraction of sp³-hybridized carbons (Fsp3) is 0.412. The van der Waals surface area contributed by atoms with Gasteiger partial charge in [-0.15, -0.1) is 0 Å². The maximum atomic E-state index is 12.4. The lowest BCUT2D eigenvalue weighted by atomic mass is 10.1. The molecule has 8 nitrogen and oxygen atoms in total. The first-order valence-corrected chi connectivity index (χ1v) is 8.03. The Morgan fingerprint density at radius 3 is 2.64 bits per heavy atom. The quantitative estimate of drug-likeness (QED) is 0.314. The molecular formula is C17H20N2O6. The molecular weight excluding hydrogens is 328 g/mol. The van der Waals surface area contributed by atoms with Crippen LogP contribution in [0.15, 0.2) is 35.1 Å². The van der Waals surface area contributed by atoms with Gasteiger partial charge in [0, 0.05) is 30.2 Å². The molecule has 1 heterocycles. The zero-order valence-corrected chi connectivity index (χ0v) is 14.1. The number of carbonyl (C=O) groups is 1. The van der Waals surface area contributed by atoms with Gasteiger partial charge in [0.05, 0.1) is 17.0 Å². The van der Waals surface area contributed by atoms with Crippen molar-refractivity contribution < 1.29 is 19.2 Å². The summed E-state index contributed by atoms with van der Waals surface area (Å²) in [7, 11) is 0. The molecule has 25 heavy (non-hydrogen) atoms. The van der Waals surface area contributed by atoms with Crippen LogP contribution in [0.3, 0.4) is 0 Å². The van der Waals surface area contributed by atoms with E-state index in [1.807, 2.05) is 6.92 Å². The van der Waals surface area contributed by atoms with Crippen molar-refractivity contribution in [3.05, 3.63) is 50.8 Å². The number of hydrogen-bond donors (Lipinski definition) is 0. The van der Waals surface area contributed by atoms with Gasteiger partial charge in [0.2, 0.25) is 0 Å². The highest BCUT2D eigenvalue weighted by molar-refractivity contribution is 5.84. The average molecular weight is 348 g/mol. The molecule has 0 aliphatic rings. The van der Waals surface area contributed by atoms with Crippen molar-refractivity contribution in [1.29, 1.82) is 0 Å². The molecule has 1 atom stereocenters. The fourth-order valence-electron chi connectivity index (χ4n) is 2.59. The summed E-state index contributed by atoms with van der Waals surface area (Å²) in [5.74, 6) is -0.532. The number of rotatable bonds is 8. The van der Waals surface area contributed by atoms with E-state index in [1.165, 1.54) is 34.9 Å². The third kappa shape index (κ3) is 4.21. The summed E-state index contributed by atoms with van der Waals surface area (Å²) in [6, 6.07) is 6.16. The lowest BCUT2D eigenvalue weighted by Crippen LogP contribution is -2.31. The van der Waals surface area contributed by atoms with Gasteiger partial charge >= 0.3 is 5.97 Å². The summed E-state index contributed by atoms with van der Waals surface area (Å²) in [6.07, 6.45) is 0.351. The second kappa shape index (κ2) is 8.39. The molecule has 0 saturated heterocycles. The van der Waals surface area contributed by atoms with E-state index in [0.29, 0.717) is 23.9 Å². The molecule has 0 aliphatic carbocycles. The van der Waals surface area contributed by atoms with E-state index < -0.39 is 16.9 Å². The molecule has 8 heteroatoms. The highest BCUT2D eigenvalue weighted by Crippen LogP contribution is 2.23. The van der Waals surface area contributed by atoms with Crippen LogP contribution in [0.25, 0.3) is 10.9 Å². The molecule has 0 fully saturated rings. The van der Waals surface area contributed by atoms with Gasteiger partial charge in [-0.05, 0) is 25.5 Å². The number of nitro benzene ring substituents is 1. The van der Waals surface area contributed by atoms with Gasteiger partial charge in [0.25, 0.3) is 11.2 Å². The Balaban J connectivity index is 2.39. The molecule has 1 aromatic heterocycles. The Morgan fingerprint density at radius 1 is 1.24 bits per heavy atom. The molecule has 1 unspecified atom stereocenters. The third-order valence-electron chi connectivity index (χ3n) is 3.77. The van der Waals surface area contributed by atoms with Crippen LogP contribution in [0, 0.1) is 10.1 Å². The zero-order valence-electron chi connectivity index (χ0n) is 14.1. The molecule has 2 aromatic rings. The largest absolute Gasteiger partial charge is 0.462 e. The Labute approximate surface area is 144 Å². The molecule has 0 spiro atoms. The van der Waals surface area contributed by atoms with Crippen LogP contribution in [0.5, 0.6) is 0 Å². The van der Waals surface area contributed by atoms with Crippen molar-refractivity contribution in [3.8, 4) is 0 Å². The summed E-state index contributed by atoms with van der Waals surface area (Å²) in [5, 5.41) is 11.4. The molecule has 0 bridgehead atoms. The zero-order chi connectivity index (χ0) is 18.4. The van der Waals surface area contributed by atoms with E-state index in [9.17, 15) is 19.7 Å². The van der Waals surface area contributed by atoms with Gasteiger partial charge in [-0.3, -0.25) is 19.5 Å². The second-order valence-electron chi connectivity index (χ2n) is 5.33. The number of hydrogen-bond acceptors (Lipinski definition) is 6. The minimum absolute atomic E-state index is 0.0787. The van der Waals surface area contributed by atoms with Crippen molar-refractivity contribution in [1.82, 2.24) is 4.57 Å². The highest BCUT2D eigenvalue weighted by atomic mass is 16.6. The Bertz CT molecular complexity index is 829. The summed E-state index contributed by atoms with van der Waals surface area (Å²) in [4.78, 5) is 35.1. The lowest BCUT2D eigenvalue weighted by molar-refractivity contribution is -0.384. The van der Waals surface area contributed by atoms with Crippen LogP contribution in [-0.2, 0) is 14.3 Å². The maximum Gasteiger partial charge on any atom is 0.329 e. The monoisotopic (exact) mass is 348 g/mol. The number of carbonyl (C=O) groups excluding carboxylic acids is 1. The van der Waals surface area contributed by atoms with Crippen molar-refractivity contribution in [2.75, 3.05) is 19.8 Å². The molecule has 2 rings (SSSR count). The fourth-order valence-corrected chi connectivity index (χ4v) is 2.59. The van der Waals surface area contributed by atoms with E-state index in [0.717, 1.165) is 0 Å². The minimum atomic E-state index is -0.806. The topological polar surface area (TPSA) is 101 Å². The van der Waals surface area contributed by atoms with Crippen LogP contribution in [0.1, 0.15) is 26.3 Å². The molecule has 134 valence electrons. The Hall–Kier alpha value is -2.74. The second-order valence-corrected chi connectivity index (χ2v) is 5.33. The van der Waals surface area contributed by atoms with Gasteiger partial charge in [-0.2, -0.15) is 0 Å². The molecule has 0 saturated carbocycles. The normalized spacial score (nSPS) is 12.1. The number of benzene rings is 1. The average Bonchev–Trinajstić information content (AvgIpc) is 2.60. The van der Waals surface area contributed by atoms with Crippen LogP contribution in [0.2, 0.25) is 0 Å². The van der Waals surface area contributed by atoms with Crippen molar-refractivity contribution in [2.45, 2.75) is 26.3 Å². The molecule has 1 aromatic carbocycles.